The molecule has 1 fully saturated rings. The molecule has 3 nitrogen and oxygen atoms in total. The van der Waals surface area contributed by atoms with E-state index in [0.717, 1.165) is 24.3 Å². The number of rotatable bonds is 5. The van der Waals surface area contributed by atoms with Crippen molar-refractivity contribution in [2.24, 2.45) is 5.41 Å². The van der Waals surface area contributed by atoms with Crippen molar-refractivity contribution in [3.8, 4) is 0 Å². The van der Waals surface area contributed by atoms with Crippen molar-refractivity contribution < 1.29 is 5.11 Å². The summed E-state index contributed by atoms with van der Waals surface area (Å²) < 4.78 is 0. The van der Waals surface area contributed by atoms with Crippen LogP contribution in [0.4, 0.5) is 5.69 Å². The van der Waals surface area contributed by atoms with Crippen molar-refractivity contribution in [3.63, 3.8) is 0 Å². The van der Waals surface area contributed by atoms with Crippen LogP contribution in [-0.4, -0.2) is 23.2 Å². The Morgan fingerprint density at radius 3 is 2.93 bits per heavy atom. The molecule has 0 atom stereocenters. The molecule has 0 radical (unpaired) electrons. The molecule has 1 saturated carbocycles. The first-order valence-electron chi connectivity index (χ1n) is 5.52. The maximum absolute atomic E-state index is 8.95. The number of hydrogen-bond acceptors (Lipinski definition) is 3. The van der Waals surface area contributed by atoms with Gasteiger partial charge in [0.05, 0.1) is 0 Å². The van der Waals surface area contributed by atoms with Crippen molar-refractivity contribution in [2.45, 2.75) is 26.2 Å². The van der Waals surface area contributed by atoms with E-state index in [1.54, 1.807) is 0 Å². The van der Waals surface area contributed by atoms with Gasteiger partial charge in [0.25, 0.3) is 0 Å². The quantitative estimate of drug-likeness (QED) is 0.774. The van der Waals surface area contributed by atoms with Crippen molar-refractivity contribution in [1.29, 1.82) is 0 Å². The van der Waals surface area contributed by atoms with E-state index in [0.29, 0.717) is 12.0 Å². The Bertz CT molecular complexity index is 334. The highest BCUT2D eigenvalue weighted by atomic mass is 16.3. The van der Waals surface area contributed by atoms with Crippen LogP contribution in [0, 0.1) is 12.3 Å². The molecule has 1 aromatic rings. The van der Waals surface area contributed by atoms with Gasteiger partial charge in [-0.25, -0.2) is 0 Å². The molecule has 0 bridgehead atoms. The third kappa shape index (κ3) is 2.69. The monoisotopic (exact) mass is 206 g/mol. The number of nitrogens with one attached hydrogen (secondary N) is 1. The van der Waals surface area contributed by atoms with Crippen molar-refractivity contribution >= 4 is 5.69 Å². The Hall–Kier alpha value is -1.09. The van der Waals surface area contributed by atoms with E-state index in [-0.39, 0.29) is 0 Å². The summed E-state index contributed by atoms with van der Waals surface area (Å²) in [6.45, 7) is 3.26. The highest BCUT2D eigenvalue weighted by Crippen LogP contribution is 2.48. The van der Waals surface area contributed by atoms with E-state index in [2.05, 4.69) is 16.4 Å². The fraction of sp³-hybridized carbons (Fsp3) is 0.583. The highest BCUT2D eigenvalue weighted by molar-refractivity contribution is 5.43. The molecule has 1 aliphatic rings. The molecule has 1 heterocycles. The maximum Gasteiger partial charge on any atom is 0.0436 e. The number of aromatic nitrogens is 1. The minimum absolute atomic E-state index is 0.303. The van der Waals surface area contributed by atoms with Crippen LogP contribution in [0.5, 0.6) is 0 Å². The van der Waals surface area contributed by atoms with E-state index < -0.39 is 0 Å². The van der Waals surface area contributed by atoms with E-state index in [4.69, 9.17) is 5.11 Å². The zero-order valence-electron chi connectivity index (χ0n) is 9.16. The van der Waals surface area contributed by atoms with Crippen molar-refractivity contribution in [3.05, 3.63) is 24.0 Å². The van der Waals surface area contributed by atoms with E-state index in [1.165, 1.54) is 12.8 Å². The van der Waals surface area contributed by atoms with Crippen LogP contribution in [0.2, 0.25) is 0 Å². The molecule has 0 saturated heterocycles. The average Bonchev–Trinajstić information content (AvgIpc) is 2.97. The van der Waals surface area contributed by atoms with Crippen LogP contribution in [0.15, 0.2) is 18.3 Å². The topological polar surface area (TPSA) is 45.1 Å². The normalized spacial score (nSPS) is 17.5. The number of aliphatic hydroxyl groups is 1. The first-order chi connectivity index (χ1) is 7.24. The minimum Gasteiger partial charge on any atom is -0.396 e. The Morgan fingerprint density at radius 1 is 1.53 bits per heavy atom. The molecule has 0 aliphatic heterocycles. The zero-order valence-corrected chi connectivity index (χ0v) is 9.16. The van der Waals surface area contributed by atoms with E-state index in [9.17, 15) is 0 Å². The molecule has 2 rings (SSSR count). The average molecular weight is 206 g/mol. The lowest BCUT2D eigenvalue weighted by molar-refractivity contribution is 0.253. The summed E-state index contributed by atoms with van der Waals surface area (Å²) in [4.78, 5) is 4.16. The Labute approximate surface area is 90.5 Å². The summed E-state index contributed by atoms with van der Waals surface area (Å²) in [7, 11) is 0. The van der Waals surface area contributed by atoms with Crippen molar-refractivity contribution in [2.75, 3.05) is 18.5 Å². The van der Waals surface area contributed by atoms with Crippen LogP contribution < -0.4 is 5.32 Å². The predicted molar refractivity (Wildman–Crippen MR) is 60.8 cm³/mol. The second-order valence-electron chi connectivity index (χ2n) is 4.51. The first kappa shape index (κ1) is 10.4. The van der Waals surface area contributed by atoms with Gasteiger partial charge < -0.3 is 10.4 Å². The van der Waals surface area contributed by atoms with Gasteiger partial charge in [-0.1, -0.05) is 0 Å². The number of aryl methyl sites for hydroxylation is 1. The Morgan fingerprint density at radius 2 is 2.33 bits per heavy atom. The van der Waals surface area contributed by atoms with Gasteiger partial charge in [-0.3, -0.25) is 4.98 Å². The molecule has 82 valence electrons. The summed E-state index contributed by atoms with van der Waals surface area (Å²) in [6.07, 6.45) is 5.22. The van der Waals surface area contributed by atoms with Gasteiger partial charge in [0.1, 0.15) is 0 Å². The lowest BCUT2D eigenvalue weighted by Gasteiger charge is -2.15. The third-order valence-corrected chi connectivity index (χ3v) is 3.16. The number of nitrogens with zero attached hydrogens (tertiary/aromatic N) is 1. The summed E-state index contributed by atoms with van der Waals surface area (Å²) in [5.74, 6) is 0. The van der Waals surface area contributed by atoms with Crippen LogP contribution in [-0.2, 0) is 0 Å². The van der Waals surface area contributed by atoms with Crippen LogP contribution in [0.3, 0.4) is 0 Å². The van der Waals surface area contributed by atoms with Gasteiger partial charge in [-0.05, 0) is 43.7 Å². The first-order valence-corrected chi connectivity index (χ1v) is 5.52. The summed E-state index contributed by atoms with van der Waals surface area (Å²) in [6, 6.07) is 4.04. The number of pyridine rings is 1. The lowest BCUT2D eigenvalue weighted by atomic mass is 10.0. The van der Waals surface area contributed by atoms with Crippen LogP contribution in [0.25, 0.3) is 0 Å². The lowest BCUT2D eigenvalue weighted by Crippen LogP contribution is -2.16. The molecule has 1 aliphatic carbocycles. The SMILES string of the molecule is Cc1cc(NCC2(CCO)CC2)ccn1. The van der Waals surface area contributed by atoms with Gasteiger partial charge in [0.2, 0.25) is 0 Å². The largest absolute Gasteiger partial charge is 0.396 e. The number of anilines is 1. The molecule has 1 aromatic heterocycles. The van der Waals surface area contributed by atoms with E-state index >= 15 is 0 Å². The molecule has 2 N–H and O–H groups in total. The molecule has 15 heavy (non-hydrogen) atoms. The van der Waals surface area contributed by atoms with Gasteiger partial charge >= 0.3 is 0 Å². The van der Waals surface area contributed by atoms with Gasteiger partial charge in [0.15, 0.2) is 0 Å². The predicted octanol–water partition coefficient (Wildman–Crippen LogP) is 1.96. The number of hydrogen-bond donors (Lipinski definition) is 2. The molecular weight excluding hydrogens is 188 g/mol. The highest BCUT2D eigenvalue weighted by Gasteiger charge is 2.41. The smallest absolute Gasteiger partial charge is 0.0436 e. The Kier molecular flexibility index (Phi) is 2.91. The van der Waals surface area contributed by atoms with Crippen LogP contribution in [0.1, 0.15) is 25.0 Å². The second kappa shape index (κ2) is 4.19. The van der Waals surface area contributed by atoms with Gasteiger partial charge in [0, 0.05) is 30.7 Å². The molecule has 0 amide bonds. The fourth-order valence-corrected chi connectivity index (χ4v) is 1.87. The minimum atomic E-state index is 0.303. The molecule has 0 aromatic carbocycles. The number of aliphatic hydroxyl groups excluding tert-OH is 1. The van der Waals surface area contributed by atoms with Gasteiger partial charge in [-0.15, -0.1) is 0 Å². The van der Waals surface area contributed by atoms with E-state index in [1.807, 2.05) is 19.2 Å². The Balaban J connectivity index is 1.88. The molecule has 0 spiro atoms. The standard InChI is InChI=1S/C12H18N2O/c1-10-8-11(2-6-13-10)14-9-12(3-4-12)5-7-15/h2,6,8,15H,3-5,7,9H2,1H3,(H,13,14). The maximum atomic E-state index is 8.95. The fourth-order valence-electron chi connectivity index (χ4n) is 1.87. The molecule has 0 unspecified atom stereocenters. The zero-order chi connectivity index (χ0) is 10.7. The van der Waals surface area contributed by atoms with Crippen molar-refractivity contribution in [1.82, 2.24) is 4.98 Å². The van der Waals surface area contributed by atoms with Crippen LogP contribution >= 0.6 is 0 Å². The summed E-state index contributed by atoms with van der Waals surface area (Å²) in [5, 5.41) is 12.4. The molecule has 3 heteroatoms. The summed E-state index contributed by atoms with van der Waals surface area (Å²) >= 11 is 0. The second-order valence-corrected chi connectivity index (χ2v) is 4.51. The van der Waals surface area contributed by atoms with Gasteiger partial charge in [-0.2, -0.15) is 0 Å². The molecular formula is C12H18N2O. The third-order valence-electron chi connectivity index (χ3n) is 3.16. The summed E-state index contributed by atoms with van der Waals surface area (Å²) in [5.41, 5.74) is 2.53.